The monoisotopic (exact) mass is 151 g/mol. The van der Waals surface area contributed by atoms with E-state index in [1.54, 1.807) is 0 Å². The lowest BCUT2D eigenvalue weighted by Crippen LogP contribution is -2.29. The Bertz CT molecular complexity index is 419. The van der Waals surface area contributed by atoms with Crippen LogP contribution in [0.5, 0.6) is 0 Å². The van der Waals surface area contributed by atoms with Gasteiger partial charge < -0.3 is 10.0 Å². The van der Waals surface area contributed by atoms with E-state index in [1.165, 1.54) is 6.07 Å². The molecule has 54 valence electrons. The Kier molecular flexibility index (Phi) is 1.28. The summed E-state index contributed by atoms with van der Waals surface area (Å²) in [6, 6.07) is 0.458. The molecule has 11 heavy (non-hydrogen) atoms. The molecule has 0 atom stereocenters. The fraction of sp³-hybridized carbons (Fsp3) is 0. The first kappa shape index (κ1) is 4.49. The Morgan fingerprint density at radius 2 is 2.45 bits per heavy atom. The zero-order valence-corrected chi connectivity index (χ0v) is 5.37. The molecule has 0 aromatic carbocycles. The lowest BCUT2D eigenvalue weighted by molar-refractivity contribution is 0.425. The molecule has 0 aliphatic heterocycles. The third-order valence-electron chi connectivity index (χ3n) is 0.975. The molecule has 1 rings (SSSR count). The molecule has 0 saturated carbocycles. The van der Waals surface area contributed by atoms with Gasteiger partial charge in [-0.15, -0.1) is 0 Å². The van der Waals surface area contributed by atoms with Gasteiger partial charge in [-0.1, -0.05) is 0 Å². The SMILES string of the molecule is [2H]c1nc(C#N)c([2H])c(B(O)O)c1[2H]. The van der Waals surface area contributed by atoms with Crippen LogP contribution in [0.2, 0.25) is 0 Å². The summed E-state index contributed by atoms with van der Waals surface area (Å²) in [5, 5.41) is 26.1. The average molecular weight is 151 g/mol. The molecule has 0 saturated heterocycles. The van der Waals surface area contributed by atoms with Crippen LogP contribution in [-0.2, 0) is 0 Å². The molecule has 0 aliphatic rings. The van der Waals surface area contributed by atoms with Crippen LogP contribution in [0.15, 0.2) is 18.3 Å². The van der Waals surface area contributed by atoms with Crippen molar-refractivity contribution in [1.82, 2.24) is 4.98 Å². The van der Waals surface area contributed by atoms with Gasteiger partial charge in [-0.3, -0.25) is 0 Å². The summed E-state index contributed by atoms with van der Waals surface area (Å²) in [4.78, 5) is 3.34. The Balaban J connectivity index is 3.55. The molecule has 4 nitrogen and oxygen atoms in total. The van der Waals surface area contributed by atoms with Crippen molar-refractivity contribution in [3.8, 4) is 6.07 Å². The second-order valence-corrected chi connectivity index (χ2v) is 1.72. The topological polar surface area (TPSA) is 77.1 Å². The summed E-state index contributed by atoms with van der Waals surface area (Å²) >= 11 is 0. The zero-order valence-electron chi connectivity index (χ0n) is 8.37. The van der Waals surface area contributed by atoms with Gasteiger partial charge in [0.15, 0.2) is 0 Å². The van der Waals surface area contributed by atoms with E-state index < -0.39 is 36.5 Å². The smallest absolute Gasteiger partial charge is 0.423 e. The number of aromatic nitrogens is 1. The first-order valence-electron chi connectivity index (χ1n) is 4.23. The van der Waals surface area contributed by atoms with Crippen LogP contribution in [0.1, 0.15) is 9.81 Å². The van der Waals surface area contributed by atoms with Crippen molar-refractivity contribution in [2.45, 2.75) is 0 Å². The summed E-state index contributed by atoms with van der Waals surface area (Å²) in [6.07, 6.45) is -0.555. The quantitative estimate of drug-likeness (QED) is 0.485. The molecule has 1 heterocycles. The Morgan fingerprint density at radius 1 is 1.73 bits per heavy atom. The van der Waals surface area contributed by atoms with Crippen LogP contribution in [0.4, 0.5) is 0 Å². The fourth-order valence-corrected chi connectivity index (χ4v) is 0.513. The van der Waals surface area contributed by atoms with Crippen LogP contribution < -0.4 is 5.46 Å². The molecule has 1 aromatic heterocycles. The second kappa shape index (κ2) is 3.15. The number of rotatable bonds is 1. The first-order valence-corrected chi connectivity index (χ1v) is 2.73. The number of nitrogens with zero attached hydrogens (tertiary/aromatic N) is 2. The van der Waals surface area contributed by atoms with Gasteiger partial charge in [0.1, 0.15) is 11.8 Å². The minimum atomic E-state index is -2.05. The Labute approximate surface area is 68.1 Å². The van der Waals surface area contributed by atoms with Crippen molar-refractivity contribution in [3.63, 3.8) is 0 Å². The molecule has 0 fully saturated rings. The van der Waals surface area contributed by atoms with E-state index >= 15 is 0 Å². The minimum absolute atomic E-state index is 0.394. The van der Waals surface area contributed by atoms with Crippen LogP contribution in [0, 0.1) is 11.3 Å². The van der Waals surface area contributed by atoms with Crippen molar-refractivity contribution in [2.75, 3.05) is 0 Å². The van der Waals surface area contributed by atoms with Crippen LogP contribution >= 0.6 is 0 Å². The summed E-state index contributed by atoms with van der Waals surface area (Å²) in [7, 11) is -2.05. The molecule has 0 bridgehead atoms. The molecule has 0 unspecified atom stereocenters. The highest BCUT2D eigenvalue weighted by molar-refractivity contribution is 6.58. The van der Waals surface area contributed by atoms with E-state index in [1.807, 2.05) is 0 Å². The largest absolute Gasteiger partial charge is 0.488 e. The maximum absolute atomic E-state index is 8.82. The van der Waals surface area contributed by atoms with Gasteiger partial charge in [0.05, 0.1) is 4.11 Å². The summed E-state index contributed by atoms with van der Waals surface area (Å²) in [6.45, 7) is 0. The Hall–Kier alpha value is -1.38. The first-order chi connectivity index (χ1) is 6.49. The van der Waals surface area contributed by atoms with Crippen LogP contribution in [0.3, 0.4) is 0 Å². The third-order valence-corrected chi connectivity index (χ3v) is 0.975. The van der Waals surface area contributed by atoms with Crippen molar-refractivity contribution in [2.24, 2.45) is 0 Å². The van der Waals surface area contributed by atoms with Gasteiger partial charge in [-0.2, -0.15) is 5.26 Å². The highest BCUT2D eigenvalue weighted by Crippen LogP contribution is 1.87. The van der Waals surface area contributed by atoms with E-state index in [4.69, 9.17) is 19.4 Å². The van der Waals surface area contributed by atoms with Crippen LogP contribution in [0.25, 0.3) is 0 Å². The van der Waals surface area contributed by atoms with E-state index in [0.29, 0.717) is 0 Å². The summed E-state index contributed by atoms with van der Waals surface area (Å²) in [5.74, 6) is 0. The Morgan fingerprint density at radius 3 is 3.00 bits per heavy atom. The normalized spacial score (nSPS) is 12.6. The maximum Gasteiger partial charge on any atom is 0.488 e. The van der Waals surface area contributed by atoms with Gasteiger partial charge in [-0.25, -0.2) is 4.98 Å². The molecular formula is C6H5BN2O2. The molecule has 0 aliphatic carbocycles. The van der Waals surface area contributed by atoms with E-state index in [0.717, 1.165) is 0 Å². The molecule has 1 aromatic rings. The maximum atomic E-state index is 8.82. The van der Waals surface area contributed by atoms with Crippen molar-refractivity contribution in [1.29, 1.82) is 5.26 Å². The van der Waals surface area contributed by atoms with Gasteiger partial charge in [0.2, 0.25) is 0 Å². The predicted octanol–water partition coefficient (Wildman–Crippen LogP) is -1.37. The number of pyridine rings is 1. The summed E-state index contributed by atoms with van der Waals surface area (Å²) in [5.41, 5.74) is -0.865. The molecule has 5 heteroatoms. The highest BCUT2D eigenvalue weighted by Gasteiger charge is 2.10. The van der Waals surface area contributed by atoms with Crippen molar-refractivity contribution < 1.29 is 14.2 Å². The third kappa shape index (κ3) is 1.77. The van der Waals surface area contributed by atoms with Crippen molar-refractivity contribution in [3.05, 3.63) is 24.0 Å². The average Bonchev–Trinajstić information content (AvgIpc) is 2.11. The summed E-state index contributed by atoms with van der Waals surface area (Å²) < 4.78 is 21.7. The lowest BCUT2D eigenvalue weighted by Gasteiger charge is -1.96. The van der Waals surface area contributed by atoms with Gasteiger partial charge in [0.25, 0.3) is 0 Å². The van der Waals surface area contributed by atoms with Crippen molar-refractivity contribution >= 4 is 12.6 Å². The zero-order chi connectivity index (χ0) is 10.9. The molecule has 2 N–H and O–H groups in total. The standard InChI is InChI=1S/C6H5BN2O2/c8-4-6-3-5(7(10)11)1-2-9-6/h1-3,10-11H/i1D,2D,3D. The molecule has 0 radical (unpaired) electrons. The molecular weight excluding hydrogens is 143 g/mol. The van der Waals surface area contributed by atoms with Crippen LogP contribution in [-0.4, -0.2) is 22.2 Å². The predicted molar refractivity (Wildman–Crippen MR) is 38.8 cm³/mol. The highest BCUT2D eigenvalue weighted by atomic mass is 16.4. The molecule has 0 spiro atoms. The number of hydrogen-bond acceptors (Lipinski definition) is 4. The van der Waals surface area contributed by atoms with Gasteiger partial charge >= 0.3 is 7.12 Å². The number of hydrogen-bond donors (Lipinski definition) is 2. The minimum Gasteiger partial charge on any atom is -0.423 e. The number of nitriles is 1. The van der Waals surface area contributed by atoms with E-state index in [-0.39, 0.29) is 0 Å². The van der Waals surface area contributed by atoms with Gasteiger partial charge in [0, 0.05) is 6.17 Å². The lowest BCUT2D eigenvalue weighted by atomic mass is 9.81. The fourth-order valence-electron chi connectivity index (χ4n) is 0.513. The van der Waals surface area contributed by atoms with E-state index in [2.05, 4.69) is 4.98 Å². The second-order valence-electron chi connectivity index (χ2n) is 1.72. The molecule has 0 amide bonds. The van der Waals surface area contributed by atoms with E-state index in [9.17, 15) is 0 Å². The van der Waals surface area contributed by atoms with Gasteiger partial charge in [-0.05, 0) is 17.5 Å².